The van der Waals surface area contributed by atoms with Crippen LogP contribution >= 0.6 is 11.8 Å². The molecule has 5 rings (SSSR count). The summed E-state index contributed by atoms with van der Waals surface area (Å²) in [5, 5.41) is 6.47. The molecule has 2 heterocycles. The fourth-order valence-corrected chi connectivity index (χ4v) is 5.84. The summed E-state index contributed by atoms with van der Waals surface area (Å²) >= 11 is 1.29. The van der Waals surface area contributed by atoms with Gasteiger partial charge in [-0.1, -0.05) is 55.1 Å². The molecule has 1 aliphatic heterocycles. The number of carbonyl (C=O) groups excluding carboxylic acids is 2. The number of fused-ring (bicyclic) bond motifs is 1. The lowest BCUT2D eigenvalue weighted by atomic mass is 10.1. The van der Waals surface area contributed by atoms with Crippen molar-refractivity contribution in [3.05, 3.63) is 99.8 Å². The van der Waals surface area contributed by atoms with E-state index in [9.17, 15) is 14.4 Å². The van der Waals surface area contributed by atoms with E-state index in [0.29, 0.717) is 34.6 Å². The SMILES string of the molecule is CCC(Sc1nc2ccccc2c(=O)n1Cc1ccc(C(=O)NCC2CCCO2)cc1)C(=O)Nc1cccc(C)c1. The van der Waals surface area contributed by atoms with Crippen LogP contribution in [0.4, 0.5) is 5.69 Å². The first-order chi connectivity index (χ1) is 19.9. The molecule has 1 aliphatic rings. The van der Waals surface area contributed by atoms with Gasteiger partial charge >= 0.3 is 0 Å². The number of benzene rings is 3. The number of aryl methyl sites for hydroxylation is 1. The molecule has 4 aromatic rings. The predicted octanol–water partition coefficient (Wildman–Crippen LogP) is 5.17. The van der Waals surface area contributed by atoms with Crippen LogP contribution in [0.1, 0.15) is 47.7 Å². The largest absolute Gasteiger partial charge is 0.376 e. The Balaban J connectivity index is 1.37. The van der Waals surface area contributed by atoms with E-state index < -0.39 is 5.25 Å². The van der Waals surface area contributed by atoms with Crippen LogP contribution in [0, 0.1) is 6.92 Å². The van der Waals surface area contributed by atoms with Crippen LogP contribution in [0.2, 0.25) is 0 Å². The summed E-state index contributed by atoms with van der Waals surface area (Å²) in [5.41, 5.74) is 3.59. The lowest BCUT2D eigenvalue weighted by molar-refractivity contribution is -0.115. The summed E-state index contributed by atoms with van der Waals surface area (Å²) in [6.07, 6.45) is 2.61. The van der Waals surface area contributed by atoms with Crippen LogP contribution in [-0.4, -0.2) is 45.9 Å². The zero-order chi connectivity index (χ0) is 28.8. The summed E-state index contributed by atoms with van der Waals surface area (Å²) in [4.78, 5) is 44.3. The van der Waals surface area contributed by atoms with E-state index in [1.54, 1.807) is 22.8 Å². The van der Waals surface area contributed by atoms with Crippen LogP contribution < -0.4 is 16.2 Å². The van der Waals surface area contributed by atoms with Gasteiger partial charge in [0.05, 0.1) is 28.8 Å². The first-order valence-electron chi connectivity index (χ1n) is 13.9. The number of para-hydroxylation sites is 1. The van der Waals surface area contributed by atoms with Crippen LogP contribution in [0.25, 0.3) is 10.9 Å². The molecule has 0 radical (unpaired) electrons. The van der Waals surface area contributed by atoms with Crippen molar-refractivity contribution in [1.82, 2.24) is 14.9 Å². The number of ether oxygens (including phenoxy) is 1. The zero-order valence-electron chi connectivity index (χ0n) is 23.3. The van der Waals surface area contributed by atoms with Gasteiger partial charge in [0.25, 0.3) is 11.5 Å². The van der Waals surface area contributed by atoms with Gasteiger partial charge in [0.2, 0.25) is 5.91 Å². The highest BCUT2D eigenvalue weighted by Crippen LogP contribution is 2.27. The smallest absolute Gasteiger partial charge is 0.262 e. The molecule has 0 saturated carbocycles. The fraction of sp³-hybridized carbons (Fsp3) is 0.312. The molecule has 1 aromatic heterocycles. The number of nitrogens with one attached hydrogen (secondary N) is 2. The number of hydrogen-bond acceptors (Lipinski definition) is 6. The summed E-state index contributed by atoms with van der Waals surface area (Å²) in [7, 11) is 0. The minimum Gasteiger partial charge on any atom is -0.376 e. The van der Waals surface area contributed by atoms with E-state index >= 15 is 0 Å². The van der Waals surface area contributed by atoms with Crippen LogP contribution in [0.15, 0.2) is 82.7 Å². The van der Waals surface area contributed by atoms with Crippen molar-refractivity contribution in [3.63, 3.8) is 0 Å². The molecule has 0 bridgehead atoms. The standard InChI is InChI=1S/C32H34N4O4S/c1-3-28(30(38)34-24-9-6-8-21(2)18-24)41-32-35-27-12-5-4-11-26(27)31(39)36(32)20-22-13-15-23(16-14-22)29(37)33-19-25-10-7-17-40-25/h4-6,8-9,11-16,18,25,28H,3,7,10,17,19-20H2,1-2H3,(H,33,37)(H,34,38). The molecule has 212 valence electrons. The molecule has 9 heteroatoms. The van der Waals surface area contributed by atoms with Crippen LogP contribution in [-0.2, 0) is 16.1 Å². The monoisotopic (exact) mass is 570 g/mol. The highest BCUT2D eigenvalue weighted by atomic mass is 32.2. The Bertz CT molecular complexity index is 1600. The van der Waals surface area contributed by atoms with Gasteiger partial charge in [0.15, 0.2) is 5.16 Å². The first kappa shape index (κ1) is 28.6. The van der Waals surface area contributed by atoms with Crippen LogP contribution in [0.5, 0.6) is 0 Å². The first-order valence-corrected chi connectivity index (χ1v) is 14.8. The third-order valence-electron chi connectivity index (χ3n) is 7.09. The third-order valence-corrected chi connectivity index (χ3v) is 8.45. The number of hydrogen-bond donors (Lipinski definition) is 2. The molecular weight excluding hydrogens is 536 g/mol. The number of thioether (sulfide) groups is 1. The van der Waals surface area contributed by atoms with Crippen molar-refractivity contribution in [2.24, 2.45) is 0 Å². The van der Waals surface area contributed by atoms with Crippen molar-refractivity contribution < 1.29 is 14.3 Å². The topological polar surface area (TPSA) is 102 Å². The van der Waals surface area contributed by atoms with E-state index in [1.165, 1.54) is 11.8 Å². The second kappa shape index (κ2) is 13.1. The molecule has 3 aromatic carbocycles. The van der Waals surface area contributed by atoms with Gasteiger partial charge in [0.1, 0.15) is 0 Å². The summed E-state index contributed by atoms with van der Waals surface area (Å²) in [6, 6.07) is 22.1. The second-order valence-corrected chi connectivity index (χ2v) is 11.4. The van der Waals surface area contributed by atoms with Gasteiger partial charge in [0, 0.05) is 24.4 Å². The minimum atomic E-state index is -0.454. The molecule has 2 atom stereocenters. The number of anilines is 1. The average molecular weight is 571 g/mol. The summed E-state index contributed by atoms with van der Waals surface area (Å²) in [6.45, 7) is 5.42. The van der Waals surface area contributed by atoms with E-state index in [2.05, 4.69) is 10.6 Å². The van der Waals surface area contributed by atoms with Gasteiger partial charge in [-0.3, -0.25) is 19.0 Å². The summed E-state index contributed by atoms with van der Waals surface area (Å²) < 4.78 is 7.20. The quantitative estimate of drug-likeness (QED) is 0.201. The Morgan fingerprint density at radius 1 is 1.10 bits per heavy atom. The van der Waals surface area contributed by atoms with Gasteiger partial charge < -0.3 is 15.4 Å². The van der Waals surface area contributed by atoms with Crippen LogP contribution in [0.3, 0.4) is 0 Å². The molecule has 2 unspecified atom stereocenters. The molecule has 0 aliphatic carbocycles. The van der Waals surface area contributed by atoms with Crippen molar-refractivity contribution in [2.75, 3.05) is 18.5 Å². The Labute approximate surface area is 243 Å². The number of nitrogens with zero attached hydrogens (tertiary/aromatic N) is 2. The highest BCUT2D eigenvalue weighted by Gasteiger charge is 2.23. The van der Waals surface area contributed by atoms with Crippen molar-refractivity contribution in [2.45, 2.75) is 56.2 Å². The summed E-state index contributed by atoms with van der Waals surface area (Å²) in [5.74, 6) is -0.298. The second-order valence-electron chi connectivity index (χ2n) is 10.2. The molecule has 41 heavy (non-hydrogen) atoms. The Kier molecular flexibility index (Phi) is 9.16. The number of carbonyl (C=O) groups is 2. The molecule has 2 N–H and O–H groups in total. The molecule has 0 spiro atoms. The number of rotatable bonds is 10. The lowest BCUT2D eigenvalue weighted by Gasteiger charge is -2.18. The molecular formula is C32H34N4O4S. The van der Waals surface area contributed by atoms with Crippen molar-refractivity contribution in [1.29, 1.82) is 0 Å². The maximum absolute atomic E-state index is 13.6. The van der Waals surface area contributed by atoms with E-state index in [0.717, 1.165) is 36.3 Å². The highest BCUT2D eigenvalue weighted by molar-refractivity contribution is 8.00. The van der Waals surface area contributed by atoms with Crippen molar-refractivity contribution >= 4 is 40.2 Å². The van der Waals surface area contributed by atoms with E-state index in [4.69, 9.17) is 9.72 Å². The molecule has 2 amide bonds. The van der Waals surface area contributed by atoms with Gasteiger partial charge in [-0.25, -0.2) is 4.98 Å². The minimum absolute atomic E-state index is 0.0762. The maximum atomic E-state index is 13.6. The van der Waals surface area contributed by atoms with Crippen molar-refractivity contribution in [3.8, 4) is 0 Å². The van der Waals surface area contributed by atoms with E-state index in [-0.39, 0.29) is 30.0 Å². The Morgan fingerprint density at radius 3 is 2.63 bits per heavy atom. The van der Waals surface area contributed by atoms with Gasteiger partial charge in [-0.2, -0.15) is 0 Å². The normalized spacial score (nSPS) is 15.5. The Morgan fingerprint density at radius 2 is 1.90 bits per heavy atom. The molecule has 1 fully saturated rings. The zero-order valence-corrected chi connectivity index (χ0v) is 24.1. The lowest BCUT2D eigenvalue weighted by Crippen LogP contribution is -2.31. The molecule has 8 nitrogen and oxygen atoms in total. The maximum Gasteiger partial charge on any atom is 0.262 e. The fourth-order valence-electron chi connectivity index (χ4n) is 4.83. The number of aromatic nitrogens is 2. The Hall–Kier alpha value is -3.95. The van der Waals surface area contributed by atoms with E-state index in [1.807, 2.05) is 68.4 Å². The predicted molar refractivity (Wildman–Crippen MR) is 163 cm³/mol. The van der Waals surface area contributed by atoms with Gasteiger partial charge in [-0.15, -0.1) is 0 Å². The molecule has 1 saturated heterocycles. The third kappa shape index (κ3) is 7.04. The number of amides is 2. The average Bonchev–Trinajstić information content (AvgIpc) is 3.50. The van der Waals surface area contributed by atoms with Gasteiger partial charge in [-0.05, 0) is 73.7 Å².